The van der Waals surface area contributed by atoms with Crippen molar-refractivity contribution in [2.45, 2.75) is 17.9 Å². The maximum Gasteiger partial charge on any atom is 0.338 e. The fourth-order valence-corrected chi connectivity index (χ4v) is 4.42. The van der Waals surface area contributed by atoms with Crippen molar-refractivity contribution >= 4 is 62.2 Å². The number of nitrogens with zero attached hydrogens (tertiary/aromatic N) is 1. The quantitative estimate of drug-likeness (QED) is 0.210. The number of carbonyl (C=O) groups excluding carboxylic acids is 2. The van der Waals surface area contributed by atoms with E-state index in [2.05, 4.69) is 10.0 Å². The van der Waals surface area contributed by atoms with E-state index in [4.69, 9.17) is 32.7 Å². The molecule has 11 nitrogen and oxygen atoms in total. The van der Waals surface area contributed by atoms with E-state index in [0.29, 0.717) is 16.5 Å². The van der Waals surface area contributed by atoms with Crippen LogP contribution in [0.4, 0.5) is 17.1 Å². The molecular weight excluding hydrogens is 549 g/mol. The number of nitro groups is 1. The number of nitrogens with one attached hydrogen (secondary N) is 2. The van der Waals surface area contributed by atoms with E-state index < -0.39 is 38.6 Å². The van der Waals surface area contributed by atoms with Crippen molar-refractivity contribution in [3.05, 3.63) is 86.4 Å². The first-order valence-corrected chi connectivity index (χ1v) is 12.6. The molecule has 0 aliphatic heterocycles. The summed E-state index contributed by atoms with van der Waals surface area (Å²) in [5.74, 6) is -1.10. The lowest BCUT2D eigenvalue weighted by Crippen LogP contribution is -2.30. The van der Waals surface area contributed by atoms with Crippen LogP contribution in [0.25, 0.3) is 0 Å². The smallest absolute Gasteiger partial charge is 0.338 e. The van der Waals surface area contributed by atoms with E-state index in [0.717, 1.165) is 18.2 Å². The highest BCUT2D eigenvalue weighted by atomic mass is 35.5. The van der Waals surface area contributed by atoms with Gasteiger partial charge < -0.3 is 14.8 Å². The Morgan fingerprint density at radius 3 is 2.32 bits per heavy atom. The summed E-state index contributed by atoms with van der Waals surface area (Å²) in [6, 6.07) is 12.9. The molecule has 194 valence electrons. The molecule has 0 heterocycles. The third-order valence-corrected chi connectivity index (χ3v) is 6.80. The van der Waals surface area contributed by atoms with Gasteiger partial charge in [0.1, 0.15) is 10.8 Å². The number of hydrogen-bond acceptors (Lipinski definition) is 8. The molecule has 3 aromatic carbocycles. The van der Waals surface area contributed by atoms with E-state index in [9.17, 15) is 28.1 Å². The molecular formula is C23H19Cl2N3O8S. The first kappa shape index (κ1) is 27.7. The van der Waals surface area contributed by atoms with Gasteiger partial charge in [-0.2, -0.15) is 0 Å². The highest BCUT2D eigenvalue weighted by molar-refractivity contribution is 7.92. The minimum atomic E-state index is -4.19. The van der Waals surface area contributed by atoms with Crippen LogP contribution in [0, 0.1) is 10.1 Å². The van der Waals surface area contributed by atoms with Crippen molar-refractivity contribution in [2.24, 2.45) is 0 Å². The highest BCUT2D eigenvalue weighted by Gasteiger charge is 2.22. The first-order valence-electron chi connectivity index (χ1n) is 10.3. The summed E-state index contributed by atoms with van der Waals surface area (Å²) in [7, 11) is -2.77. The van der Waals surface area contributed by atoms with Gasteiger partial charge in [-0.25, -0.2) is 13.2 Å². The zero-order valence-electron chi connectivity index (χ0n) is 19.2. The molecule has 1 amide bonds. The number of ether oxygens (including phenoxy) is 2. The normalized spacial score (nSPS) is 11.8. The molecule has 0 saturated carbocycles. The Morgan fingerprint density at radius 2 is 1.70 bits per heavy atom. The van der Waals surface area contributed by atoms with Gasteiger partial charge in [-0.15, -0.1) is 0 Å². The number of rotatable bonds is 9. The summed E-state index contributed by atoms with van der Waals surface area (Å²) in [6.45, 7) is 1.37. The fourth-order valence-electron chi connectivity index (χ4n) is 2.98. The average Bonchev–Trinajstić information content (AvgIpc) is 2.84. The standard InChI is InChI=1S/C23H19Cl2N3O8S/c1-13(22(29)26-19-11-15(24)5-10-21(19)35-2)36-23(30)14-3-6-16(7-4-14)27-37(33,34)17-8-9-18(25)20(12-17)28(31)32/h3-13,27H,1-2H3,(H,26,29)/t13-/m0/s1. The lowest BCUT2D eigenvalue weighted by atomic mass is 10.2. The molecule has 0 fully saturated rings. The predicted octanol–water partition coefficient (Wildman–Crippen LogP) is 4.90. The van der Waals surface area contributed by atoms with Crippen LogP contribution in [-0.4, -0.2) is 38.4 Å². The summed E-state index contributed by atoms with van der Waals surface area (Å²) < 4.78 is 37.8. The zero-order chi connectivity index (χ0) is 27.3. The summed E-state index contributed by atoms with van der Waals surface area (Å²) in [4.78, 5) is 34.8. The fraction of sp³-hybridized carbons (Fsp3) is 0.130. The van der Waals surface area contributed by atoms with Crippen LogP contribution < -0.4 is 14.8 Å². The van der Waals surface area contributed by atoms with E-state index in [1.165, 1.54) is 44.4 Å². The van der Waals surface area contributed by atoms with Crippen molar-refractivity contribution in [1.82, 2.24) is 0 Å². The minimum absolute atomic E-state index is 0.0464. The van der Waals surface area contributed by atoms with Crippen LogP contribution in [0.3, 0.4) is 0 Å². The van der Waals surface area contributed by atoms with Crippen molar-refractivity contribution < 1.29 is 32.4 Å². The van der Waals surface area contributed by atoms with Crippen LogP contribution in [0.15, 0.2) is 65.6 Å². The number of esters is 1. The molecule has 37 heavy (non-hydrogen) atoms. The summed E-state index contributed by atoms with van der Waals surface area (Å²) >= 11 is 11.7. The minimum Gasteiger partial charge on any atom is -0.495 e. The largest absolute Gasteiger partial charge is 0.495 e. The number of anilines is 2. The van der Waals surface area contributed by atoms with Gasteiger partial charge in [-0.05, 0) is 61.5 Å². The average molecular weight is 568 g/mol. The van der Waals surface area contributed by atoms with Gasteiger partial charge in [0.2, 0.25) is 0 Å². The van der Waals surface area contributed by atoms with Crippen LogP contribution in [0.2, 0.25) is 10.0 Å². The van der Waals surface area contributed by atoms with Gasteiger partial charge in [-0.3, -0.25) is 19.6 Å². The summed E-state index contributed by atoms with van der Waals surface area (Å²) in [6.07, 6.45) is -1.19. The Kier molecular flexibility index (Phi) is 8.58. The monoisotopic (exact) mass is 567 g/mol. The Morgan fingerprint density at radius 1 is 1.03 bits per heavy atom. The molecule has 0 bridgehead atoms. The second-order valence-electron chi connectivity index (χ2n) is 7.43. The first-order chi connectivity index (χ1) is 17.4. The third-order valence-electron chi connectivity index (χ3n) is 4.87. The topological polar surface area (TPSA) is 154 Å². The number of methoxy groups -OCH3 is 1. The van der Waals surface area contributed by atoms with E-state index in [1.807, 2.05) is 0 Å². The van der Waals surface area contributed by atoms with Crippen molar-refractivity contribution in [2.75, 3.05) is 17.1 Å². The predicted molar refractivity (Wildman–Crippen MR) is 137 cm³/mol. The maximum atomic E-state index is 12.6. The van der Waals surface area contributed by atoms with E-state index in [-0.39, 0.29) is 21.2 Å². The van der Waals surface area contributed by atoms with Gasteiger partial charge in [0.25, 0.3) is 21.6 Å². The Balaban J connectivity index is 1.66. The number of hydrogen-bond donors (Lipinski definition) is 2. The molecule has 14 heteroatoms. The van der Waals surface area contributed by atoms with E-state index >= 15 is 0 Å². The number of sulfonamides is 1. The summed E-state index contributed by atoms with van der Waals surface area (Å²) in [5.41, 5.74) is -0.141. The van der Waals surface area contributed by atoms with Crippen LogP contribution >= 0.6 is 23.2 Å². The molecule has 0 saturated heterocycles. The Bertz CT molecular complexity index is 1460. The molecule has 2 N–H and O–H groups in total. The Hall–Kier alpha value is -3.87. The maximum absolute atomic E-state index is 12.6. The van der Waals surface area contributed by atoms with Gasteiger partial charge >= 0.3 is 5.97 Å². The van der Waals surface area contributed by atoms with Crippen LogP contribution in [-0.2, 0) is 19.6 Å². The molecule has 0 aliphatic carbocycles. The molecule has 3 aromatic rings. The number of amides is 1. The van der Waals surface area contributed by atoms with Crippen LogP contribution in [0.5, 0.6) is 5.75 Å². The summed E-state index contributed by atoms with van der Waals surface area (Å²) in [5, 5.41) is 13.8. The molecule has 0 aromatic heterocycles. The molecule has 0 unspecified atom stereocenters. The van der Waals surface area contributed by atoms with Crippen molar-refractivity contribution in [3.8, 4) is 5.75 Å². The zero-order valence-corrected chi connectivity index (χ0v) is 21.6. The van der Waals surface area contributed by atoms with E-state index in [1.54, 1.807) is 12.1 Å². The highest BCUT2D eigenvalue weighted by Crippen LogP contribution is 2.29. The van der Waals surface area contributed by atoms with Gasteiger partial charge in [0.05, 0.1) is 28.2 Å². The lowest BCUT2D eigenvalue weighted by molar-refractivity contribution is -0.384. The molecule has 0 radical (unpaired) electrons. The molecule has 0 spiro atoms. The molecule has 3 rings (SSSR count). The van der Waals surface area contributed by atoms with Gasteiger partial charge in [0, 0.05) is 16.8 Å². The number of benzene rings is 3. The Labute approximate surface area is 221 Å². The number of halogens is 2. The van der Waals surface area contributed by atoms with Gasteiger partial charge in [-0.1, -0.05) is 23.2 Å². The second kappa shape index (κ2) is 11.5. The molecule has 1 atom stereocenters. The third kappa shape index (κ3) is 6.88. The number of nitro benzene ring substituents is 1. The second-order valence-corrected chi connectivity index (χ2v) is 9.96. The van der Waals surface area contributed by atoms with Crippen molar-refractivity contribution in [1.29, 1.82) is 0 Å². The van der Waals surface area contributed by atoms with Crippen molar-refractivity contribution in [3.63, 3.8) is 0 Å². The lowest BCUT2D eigenvalue weighted by Gasteiger charge is -2.15. The van der Waals surface area contributed by atoms with Crippen LogP contribution in [0.1, 0.15) is 17.3 Å². The SMILES string of the molecule is COc1ccc(Cl)cc1NC(=O)[C@H](C)OC(=O)c1ccc(NS(=O)(=O)c2ccc(Cl)c([N+](=O)[O-])c2)cc1. The number of carbonyl (C=O) groups is 2. The molecule has 0 aliphatic rings. The van der Waals surface area contributed by atoms with Gasteiger partial charge in [0.15, 0.2) is 6.10 Å².